The molecule has 3 aromatic carbocycles. The number of carbonyl (C=O) groups excluding carboxylic acids is 2. The fraction of sp³-hybridized carbons (Fsp3) is 0.267. The zero-order valence-corrected chi connectivity index (χ0v) is 22.9. The normalized spacial score (nSPS) is 14.9. The van der Waals surface area contributed by atoms with E-state index in [1.807, 2.05) is 56.3 Å². The smallest absolute Gasteiger partial charge is 0.316 e. The van der Waals surface area contributed by atoms with Crippen molar-refractivity contribution < 1.29 is 23.6 Å². The van der Waals surface area contributed by atoms with Gasteiger partial charge in [-0.2, -0.15) is 5.10 Å². The summed E-state index contributed by atoms with van der Waals surface area (Å²) in [5, 5.41) is 12.3. The highest BCUT2D eigenvalue weighted by Gasteiger charge is 2.33. The zero-order chi connectivity index (χ0) is 27.4. The molecule has 0 saturated heterocycles. The lowest BCUT2D eigenvalue weighted by Crippen LogP contribution is -2.31. The van der Waals surface area contributed by atoms with Crippen molar-refractivity contribution in [1.29, 1.82) is 0 Å². The summed E-state index contributed by atoms with van der Waals surface area (Å²) in [6, 6.07) is 21.6. The summed E-state index contributed by atoms with van der Waals surface area (Å²) in [6.07, 6.45) is 0.539. The number of aryl methyl sites for hydroxylation is 2. The fourth-order valence-corrected chi connectivity index (χ4v) is 5.53. The second-order valence-electron chi connectivity index (χ2n) is 9.30. The molecule has 0 radical (unpaired) electrons. The first-order valence-electron chi connectivity index (χ1n) is 12.6. The first kappa shape index (κ1) is 26.5. The Labute approximate surface area is 230 Å². The molecule has 0 spiro atoms. The van der Waals surface area contributed by atoms with Crippen molar-refractivity contribution in [2.75, 3.05) is 19.5 Å². The van der Waals surface area contributed by atoms with Gasteiger partial charge in [0.25, 0.3) is 5.91 Å². The van der Waals surface area contributed by atoms with Crippen LogP contribution < -0.4 is 4.74 Å². The number of hydrogen-bond donors (Lipinski definition) is 0. The Morgan fingerprint density at radius 1 is 1.05 bits per heavy atom. The molecule has 0 unspecified atom stereocenters. The van der Waals surface area contributed by atoms with Crippen LogP contribution in [0.5, 0.6) is 5.75 Å². The molecule has 0 aliphatic carbocycles. The summed E-state index contributed by atoms with van der Waals surface area (Å²) in [6.45, 7) is 3.33. The molecule has 0 fully saturated rings. The van der Waals surface area contributed by atoms with Gasteiger partial charge < -0.3 is 14.0 Å². The number of hydrazone groups is 1. The summed E-state index contributed by atoms with van der Waals surface area (Å²) in [7, 11) is 1.61. The van der Waals surface area contributed by atoms with E-state index < -0.39 is 5.97 Å². The summed E-state index contributed by atoms with van der Waals surface area (Å²) in [5.41, 5.74) is 4.46. The number of fused-ring (bicyclic) bond motifs is 1. The third kappa shape index (κ3) is 5.98. The molecule has 0 bridgehead atoms. The molecule has 0 N–H and O–H groups in total. The molecule has 5 rings (SSSR count). The third-order valence-electron chi connectivity index (χ3n) is 6.75. The Morgan fingerprint density at radius 3 is 2.54 bits per heavy atom. The topological polar surface area (TPSA) is 94.2 Å². The van der Waals surface area contributed by atoms with Crippen molar-refractivity contribution in [2.24, 2.45) is 5.10 Å². The van der Waals surface area contributed by atoms with Crippen LogP contribution in [0.3, 0.4) is 0 Å². The minimum Gasteiger partial charge on any atom is -0.497 e. The van der Waals surface area contributed by atoms with Crippen LogP contribution in [0, 0.1) is 13.8 Å². The van der Waals surface area contributed by atoms with Crippen LogP contribution in [-0.4, -0.2) is 47.2 Å². The van der Waals surface area contributed by atoms with Crippen LogP contribution in [-0.2, 0) is 20.1 Å². The van der Waals surface area contributed by atoms with Crippen LogP contribution >= 0.6 is 11.8 Å². The van der Waals surface area contributed by atoms with Gasteiger partial charge >= 0.3 is 5.97 Å². The van der Waals surface area contributed by atoms with Gasteiger partial charge in [0.15, 0.2) is 6.61 Å². The average Bonchev–Trinajstić information content (AvgIpc) is 3.55. The van der Waals surface area contributed by atoms with Crippen molar-refractivity contribution in [1.82, 2.24) is 10.2 Å². The van der Waals surface area contributed by atoms with Crippen molar-refractivity contribution in [3.05, 3.63) is 94.9 Å². The summed E-state index contributed by atoms with van der Waals surface area (Å²) in [5.74, 6) is 1.32. The SMILES string of the molecule is COc1ccc([C@@H]2CC(c3ccc4ccccc4c3)=NN2C(=O)COC(=O)CSCc2c(C)noc2C)cc1. The maximum atomic E-state index is 13.3. The molecular formula is C30H29N3O5S. The predicted octanol–water partition coefficient (Wildman–Crippen LogP) is 5.61. The molecule has 0 saturated carbocycles. The van der Waals surface area contributed by atoms with Gasteiger partial charge in [-0.05, 0) is 53.9 Å². The second kappa shape index (κ2) is 11.7. The predicted molar refractivity (Wildman–Crippen MR) is 151 cm³/mol. The largest absolute Gasteiger partial charge is 0.497 e. The van der Waals surface area contributed by atoms with Gasteiger partial charge in [0.1, 0.15) is 11.5 Å². The van der Waals surface area contributed by atoms with E-state index in [1.54, 1.807) is 7.11 Å². The average molecular weight is 544 g/mol. The molecule has 1 aliphatic heterocycles. The van der Waals surface area contributed by atoms with Gasteiger partial charge in [0.05, 0.1) is 30.3 Å². The van der Waals surface area contributed by atoms with E-state index >= 15 is 0 Å². The molecular weight excluding hydrogens is 514 g/mol. The lowest BCUT2D eigenvalue weighted by atomic mass is 9.97. The van der Waals surface area contributed by atoms with Gasteiger partial charge in [-0.15, -0.1) is 11.8 Å². The first-order valence-corrected chi connectivity index (χ1v) is 13.8. The summed E-state index contributed by atoms with van der Waals surface area (Å²) >= 11 is 1.39. The molecule has 2 heterocycles. The van der Waals surface area contributed by atoms with Crippen LogP contribution in [0.2, 0.25) is 0 Å². The number of nitrogens with zero attached hydrogens (tertiary/aromatic N) is 3. The van der Waals surface area contributed by atoms with Gasteiger partial charge in [-0.25, -0.2) is 5.01 Å². The molecule has 9 heteroatoms. The first-order chi connectivity index (χ1) is 18.9. The van der Waals surface area contributed by atoms with Gasteiger partial charge in [0, 0.05) is 17.7 Å². The Kier molecular flexibility index (Phi) is 7.97. The van der Waals surface area contributed by atoms with Crippen molar-refractivity contribution in [2.45, 2.75) is 32.1 Å². The molecule has 8 nitrogen and oxygen atoms in total. The molecule has 39 heavy (non-hydrogen) atoms. The molecule has 1 aliphatic rings. The number of esters is 1. The Hall–Kier alpha value is -4.11. The lowest BCUT2D eigenvalue weighted by molar-refractivity contribution is -0.150. The number of amides is 1. The number of thioether (sulfide) groups is 1. The van der Waals surface area contributed by atoms with Crippen LogP contribution in [0.25, 0.3) is 10.8 Å². The maximum absolute atomic E-state index is 13.3. The lowest BCUT2D eigenvalue weighted by Gasteiger charge is -2.22. The number of methoxy groups -OCH3 is 1. The Morgan fingerprint density at radius 2 is 1.82 bits per heavy atom. The number of rotatable bonds is 9. The van der Waals surface area contributed by atoms with E-state index in [9.17, 15) is 9.59 Å². The number of aromatic nitrogens is 1. The molecule has 1 aromatic heterocycles. The zero-order valence-electron chi connectivity index (χ0n) is 22.0. The van der Waals surface area contributed by atoms with Crippen LogP contribution in [0.15, 0.2) is 76.4 Å². The Balaban J connectivity index is 1.28. The molecule has 4 aromatic rings. The van der Waals surface area contributed by atoms with E-state index in [1.165, 1.54) is 16.8 Å². The standard InChI is InChI=1S/C30H29N3O5S/c1-19-26(20(2)38-32-19)17-39-18-30(35)37-16-29(34)33-28(22-10-12-25(36-3)13-11-22)15-27(31-33)24-9-8-21-6-4-5-7-23(21)14-24/h4-14,28H,15-18H2,1-3H3/t28-/m0/s1. The van der Waals surface area contributed by atoms with E-state index in [2.05, 4.69) is 29.4 Å². The minimum absolute atomic E-state index is 0.116. The fourth-order valence-electron chi connectivity index (χ4n) is 4.56. The number of benzene rings is 3. The van der Waals surface area contributed by atoms with Crippen molar-refractivity contribution in [3.63, 3.8) is 0 Å². The quantitative estimate of drug-likeness (QED) is 0.253. The number of hydrogen-bond acceptors (Lipinski definition) is 8. The van der Waals surface area contributed by atoms with E-state index in [4.69, 9.17) is 19.1 Å². The van der Waals surface area contributed by atoms with Gasteiger partial charge in [-0.3, -0.25) is 9.59 Å². The van der Waals surface area contributed by atoms with E-state index in [0.29, 0.717) is 12.2 Å². The second-order valence-corrected chi connectivity index (χ2v) is 10.3. The van der Waals surface area contributed by atoms with E-state index in [0.717, 1.165) is 50.4 Å². The maximum Gasteiger partial charge on any atom is 0.316 e. The van der Waals surface area contributed by atoms with Crippen molar-refractivity contribution in [3.8, 4) is 5.75 Å². The monoisotopic (exact) mass is 543 g/mol. The molecule has 1 atom stereocenters. The Bertz CT molecular complexity index is 1510. The molecule has 1 amide bonds. The highest BCUT2D eigenvalue weighted by Crippen LogP contribution is 2.34. The number of ether oxygens (including phenoxy) is 2. The highest BCUT2D eigenvalue weighted by molar-refractivity contribution is 7.99. The highest BCUT2D eigenvalue weighted by atomic mass is 32.2. The van der Waals surface area contributed by atoms with E-state index in [-0.39, 0.29) is 24.3 Å². The third-order valence-corrected chi connectivity index (χ3v) is 7.69. The van der Waals surface area contributed by atoms with Gasteiger partial charge in [0.2, 0.25) is 0 Å². The number of carbonyl (C=O) groups is 2. The molecule has 200 valence electrons. The van der Waals surface area contributed by atoms with Crippen LogP contribution in [0.4, 0.5) is 0 Å². The van der Waals surface area contributed by atoms with Crippen LogP contribution in [0.1, 0.15) is 40.6 Å². The summed E-state index contributed by atoms with van der Waals surface area (Å²) < 4.78 is 15.8. The van der Waals surface area contributed by atoms with Gasteiger partial charge in [-0.1, -0.05) is 53.7 Å². The summed E-state index contributed by atoms with van der Waals surface area (Å²) in [4.78, 5) is 25.7. The minimum atomic E-state index is -0.459. The van der Waals surface area contributed by atoms with Crippen molar-refractivity contribution >= 4 is 40.1 Å².